The van der Waals surface area contributed by atoms with Gasteiger partial charge in [-0.2, -0.15) is 0 Å². The number of benzene rings is 2. The van der Waals surface area contributed by atoms with E-state index < -0.39 is 17.8 Å². The fraction of sp³-hybridized carbons (Fsp3) is 0.158. The normalized spacial score (nSPS) is 20.6. The van der Waals surface area contributed by atoms with Crippen molar-refractivity contribution < 1.29 is 23.0 Å². The lowest BCUT2D eigenvalue weighted by Gasteiger charge is -2.15. The van der Waals surface area contributed by atoms with Gasteiger partial charge >= 0.3 is 0 Å². The first-order valence-electron chi connectivity index (χ1n) is 8.09. The summed E-state index contributed by atoms with van der Waals surface area (Å²) in [7, 11) is 0. The standard InChI is InChI=1S/C19H13ClF2N2O3/c20-12-6-4-11(5-7-12)8-15-19(25)24(10-27-15)16-9-26-18(23-16)17-13(21)2-1-3-14(17)22/h1-8,16H,9-10H2. The van der Waals surface area contributed by atoms with Crippen LogP contribution >= 0.6 is 11.6 Å². The van der Waals surface area contributed by atoms with Crippen LogP contribution < -0.4 is 0 Å². The molecule has 0 aromatic heterocycles. The average Bonchev–Trinajstić information content (AvgIpc) is 3.24. The van der Waals surface area contributed by atoms with Crippen molar-refractivity contribution in [2.75, 3.05) is 13.3 Å². The van der Waals surface area contributed by atoms with Crippen molar-refractivity contribution in [3.05, 3.63) is 76.0 Å². The van der Waals surface area contributed by atoms with E-state index in [1.165, 1.54) is 11.0 Å². The first-order valence-corrected chi connectivity index (χ1v) is 8.47. The van der Waals surface area contributed by atoms with Gasteiger partial charge in [0.05, 0.1) is 0 Å². The van der Waals surface area contributed by atoms with Gasteiger partial charge < -0.3 is 9.47 Å². The summed E-state index contributed by atoms with van der Waals surface area (Å²) < 4.78 is 38.6. The maximum atomic E-state index is 13.9. The van der Waals surface area contributed by atoms with Gasteiger partial charge in [0.15, 0.2) is 18.7 Å². The van der Waals surface area contributed by atoms with Gasteiger partial charge in [-0.3, -0.25) is 9.69 Å². The Balaban J connectivity index is 1.54. The summed E-state index contributed by atoms with van der Waals surface area (Å²) in [6, 6.07) is 10.4. The van der Waals surface area contributed by atoms with E-state index in [0.29, 0.717) is 5.02 Å². The molecule has 2 aromatic carbocycles. The van der Waals surface area contributed by atoms with Crippen LogP contribution in [0.15, 0.2) is 53.2 Å². The number of ether oxygens (including phenoxy) is 2. The van der Waals surface area contributed by atoms with Crippen LogP contribution in [-0.4, -0.2) is 36.2 Å². The molecule has 1 amide bonds. The zero-order valence-electron chi connectivity index (χ0n) is 13.9. The number of carbonyl (C=O) groups is 1. The van der Waals surface area contributed by atoms with Crippen molar-refractivity contribution >= 4 is 29.5 Å². The van der Waals surface area contributed by atoms with E-state index in [2.05, 4.69) is 4.99 Å². The van der Waals surface area contributed by atoms with Gasteiger partial charge in [0.1, 0.15) is 23.8 Å². The molecule has 4 rings (SSSR count). The minimum Gasteiger partial charge on any atom is -0.473 e. The lowest BCUT2D eigenvalue weighted by Crippen LogP contribution is -2.36. The Hall–Kier alpha value is -2.93. The van der Waals surface area contributed by atoms with Gasteiger partial charge in [-0.15, -0.1) is 0 Å². The molecule has 0 N–H and O–H groups in total. The molecule has 2 aromatic rings. The number of hydrogen-bond donors (Lipinski definition) is 0. The average molecular weight is 391 g/mol. The second kappa shape index (κ2) is 7.00. The van der Waals surface area contributed by atoms with Crippen molar-refractivity contribution in [2.45, 2.75) is 6.17 Å². The largest absolute Gasteiger partial charge is 0.473 e. The van der Waals surface area contributed by atoms with Crippen molar-refractivity contribution in [3.8, 4) is 0 Å². The number of rotatable bonds is 3. The smallest absolute Gasteiger partial charge is 0.293 e. The van der Waals surface area contributed by atoms with Crippen LogP contribution in [0.3, 0.4) is 0 Å². The second-order valence-corrected chi connectivity index (χ2v) is 6.37. The van der Waals surface area contributed by atoms with Crippen molar-refractivity contribution in [2.24, 2.45) is 4.99 Å². The monoisotopic (exact) mass is 390 g/mol. The third-order valence-electron chi connectivity index (χ3n) is 4.17. The summed E-state index contributed by atoms with van der Waals surface area (Å²) in [5.41, 5.74) is 0.411. The fourth-order valence-corrected chi connectivity index (χ4v) is 2.92. The van der Waals surface area contributed by atoms with E-state index in [4.69, 9.17) is 21.1 Å². The maximum Gasteiger partial charge on any atom is 0.293 e. The van der Waals surface area contributed by atoms with E-state index in [9.17, 15) is 13.6 Å². The van der Waals surface area contributed by atoms with Gasteiger partial charge in [-0.1, -0.05) is 29.8 Å². The van der Waals surface area contributed by atoms with Gasteiger partial charge in [-0.25, -0.2) is 13.8 Å². The summed E-state index contributed by atoms with van der Waals surface area (Å²) in [6.45, 7) is -0.0325. The first-order chi connectivity index (χ1) is 13.0. The third-order valence-corrected chi connectivity index (χ3v) is 4.42. The molecule has 8 heteroatoms. The number of halogens is 3. The summed E-state index contributed by atoms with van der Waals surface area (Å²) >= 11 is 5.84. The van der Waals surface area contributed by atoms with Crippen LogP contribution in [0.4, 0.5) is 8.78 Å². The topological polar surface area (TPSA) is 51.1 Å². The molecule has 0 spiro atoms. The Morgan fingerprint density at radius 1 is 1.11 bits per heavy atom. The molecule has 0 saturated carbocycles. The lowest BCUT2D eigenvalue weighted by atomic mass is 10.2. The van der Waals surface area contributed by atoms with E-state index in [1.807, 2.05) is 0 Å². The number of nitrogens with zero attached hydrogens (tertiary/aromatic N) is 2. The minimum atomic E-state index is -0.776. The third kappa shape index (κ3) is 3.38. The highest BCUT2D eigenvalue weighted by Crippen LogP contribution is 2.25. The molecular formula is C19H13ClF2N2O3. The van der Waals surface area contributed by atoms with Gasteiger partial charge in [0.25, 0.3) is 5.91 Å². The molecule has 138 valence electrons. The number of carbonyl (C=O) groups excluding carboxylic acids is 1. The maximum absolute atomic E-state index is 13.9. The van der Waals surface area contributed by atoms with Gasteiger partial charge in [0, 0.05) is 5.02 Å². The molecule has 5 nitrogen and oxygen atoms in total. The Kier molecular flexibility index (Phi) is 4.53. The number of aliphatic imine (C=N–C) groups is 1. The van der Waals surface area contributed by atoms with E-state index in [-0.39, 0.29) is 36.5 Å². The molecule has 0 radical (unpaired) electrons. The van der Waals surface area contributed by atoms with Crippen LogP contribution in [0.1, 0.15) is 11.1 Å². The van der Waals surface area contributed by atoms with Crippen molar-refractivity contribution in [1.29, 1.82) is 0 Å². The van der Waals surface area contributed by atoms with Crippen LogP contribution in [-0.2, 0) is 14.3 Å². The zero-order chi connectivity index (χ0) is 19.0. The van der Waals surface area contributed by atoms with Crippen LogP contribution in [0.5, 0.6) is 0 Å². The van der Waals surface area contributed by atoms with Crippen molar-refractivity contribution in [3.63, 3.8) is 0 Å². The molecule has 1 atom stereocenters. The number of hydrogen-bond acceptors (Lipinski definition) is 4. The summed E-state index contributed by atoms with van der Waals surface area (Å²) in [4.78, 5) is 18.1. The zero-order valence-corrected chi connectivity index (χ0v) is 14.6. The van der Waals surface area contributed by atoms with Gasteiger partial charge in [-0.05, 0) is 35.9 Å². The van der Waals surface area contributed by atoms with Crippen molar-refractivity contribution in [1.82, 2.24) is 4.90 Å². The minimum absolute atomic E-state index is 0.00751. The molecular weight excluding hydrogens is 378 g/mol. The molecule has 2 aliphatic heterocycles. The highest BCUT2D eigenvalue weighted by atomic mass is 35.5. The van der Waals surface area contributed by atoms with Gasteiger partial charge in [0.2, 0.25) is 5.90 Å². The lowest BCUT2D eigenvalue weighted by molar-refractivity contribution is -0.126. The quantitative estimate of drug-likeness (QED) is 0.753. The molecule has 1 unspecified atom stereocenters. The Labute approximate surface area is 158 Å². The van der Waals surface area contributed by atoms with E-state index in [1.54, 1.807) is 30.3 Å². The Bertz CT molecular complexity index is 940. The fourth-order valence-electron chi connectivity index (χ4n) is 2.80. The first kappa shape index (κ1) is 17.5. The molecule has 2 aliphatic rings. The van der Waals surface area contributed by atoms with Crippen LogP contribution in [0.2, 0.25) is 5.02 Å². The van der Waals surface area contributed by atoms with Crippen LogP contribution in [0, 0.1) is 11.6 Å². The molecule has 1 fully saturated rings. The SMILES string of the molecule is O=C1C(=Cc2ccc(Cl)cc2)OCN1C1COC(c2c(F)cccc2F)=N1. The highest BCUT2D eigenvalue weighted by molar-refractivity contribution is 6.30. The number of amides is 1. The summed E-state index contributed by atoms with van der Waals surface area (Å²) in [6.07, 6.45) is 0.873. The molecule has 1 saturated heterocycles. The summed E-state index contributed by atoms with van der Waals surface area (Å²) in [5, 5.41) is 0.586. The molecule has 27 heavy (non-hydrogen) atoms. The van der Waals surface area contributed by atoms with Crippen LogP contribution in [0.25, 0.3) is 6.08 Å². The highest BCUT2D eigenvalue weighted by Gasteiger charge is 2.37. The summed E-state index contributed by atoms with van der Waals surface area (Å²) in [5.74, 6) is -1.95. The predicted molar refractivity (Wildman–Crippen MR) is 94.9 cm³/mol. The Morgan fingerprint density at radius 3 is 2.52 bits per heavy atom. The predicted octanol–water partition coefficient (Wildman–Crippen LogP) is 3.58. The Morgan fingerprint density at radius 2 is 1.81 bits per heavy atom. The second-order valence-electron chi connectivity index (χ2n) is 5.93. The van der Waals surface area contributed by atoms with E-state index in [0.717, 1.165) is 17.7 Å². The van der Waals surface area contributed by atoms with E-state index >= 15 is 0 Å². The molecule has 0 bridgehead atoms. The molecule has 0 aliphatic carbocycles. The molecule has 2 heterocycles.